The summed E-state index contributed by atoms with van der Waals surface area (Å²) in [7, 11) is -3.94. The number of aliphatic hydroxyl groups is 1. The van der Waals surface area contributed by atoms with E-state index in [9.17, 15) is 18.3 Å². The first-order valence-electron chi connectivity index (χ1n) is 14.5. The predicted molar refractivity (Wildman–Crippen MR) is 157 cm³/mol. The van der Waals surface area contributed by atoms with Crippen molar-refractivity contribution in [2.45, 2.75) is 81.5 Å². The van der Waals surface area contributed by atoms with E-state index in [1.807, 2.05) is 6.07 Å². The maximum absolute atomic E-state index is 13.3. The SMILES string of the molecule is CC1(C)CCC[C@H](O)[C@@H]2CC[C@H]2CN2C[C@@]3(CCCc4cc(Cl)ccc43)COc3ccc(cc32)C(=O)NS1(=O)=O. The van der Waals surface area contributed by atoms with Crippen LogP contribution in [0.15, 0.2) is 36.4 Å². The zero-order valence-corrected chi connectivity index (χ0v) is 24.9. The van der Waals surface area contributed by atoms with Crippen molar-refractivity contribution in [3.63, 3.8) is 0 Å². The number of nitrogens with zero attached hydrogens (tertiary/aromatic N) is 1. The van der Waals surface area contributed by atoms with Gasteiger partial charge < -0.3 is 14.7 Å². The van der Waals surface area contributed by atoms with Crippen molar-refractivity contribution in [3.8, 4) is 5.75 Å². The Hall–Kier alpha value is -2.29. The van der Waals surface area contributed by atoms with Gasteiger partial charge in [-0.1, -0.05) is 17.7 Å². The lowest BCUT2D eigenvalue weighted by Gasteiger charge is -2.45. The van der Waals surface area contributed by atoms with Gasteiger partial charge in [0.05, 0.1) is 23.1 Å². The highest BCUT2D eigenvalue weighted by Crippen LogP contribution is 2.47. The fraction of sp³-hybridized carbons (Fsp3) is 0.581. The number of nitrogens with one attached hydrogen (secondary N) is 1. The highest BCUT2D eigenvalue weighted by molar-refractivity contribution is 7.91. The van der Waals surface area contributed by atoms with Crippen molar-refractivity contribution in [2.24, 2.45) is 11.8 Å². The normalized spacial score (nSPS) is 31.2. The van der Waals surface area contributed by atoms with Crippen LogP contribution in [0, 0.1) is 11.8 Å². The summed E-state index contributed by atoms with van der Waals surface area (Å²) in [5.74, 6) is 0.543. The van der Waals surface area contributed by atoms with E-state index >= 15 is 0 Å². The van der Waals surface area contributed by atoms with Crippen molar-refractivity contribution in [1.29, 1.82) is 0 Å². The summed E-state index contributed by atoms with van der Waals surface area (Å²) in [5, 5.41) is 11.9. The fourth-order valence-electron chi connectivity index (χ4n) is 7.27. The minimum atomic E-state index is -3.94. The van der Waals surface area contributed by atoms with E-state index in [1.165, 1.54) is 11.1 Å². The van der Waals surface area contributed by atoms with Gasteiger partial charge in [-0.2, -0.15) is 0 Å². The molecule has 6 rings (SSSR count). The summed E-state index contributed by atoms with van der Waals surface area (Å²) in [5.41, 5.74) is 3.38. The van der Waals surface area contributed by atoms with Gasteiger partial charge in [0.25, 0.3) is 5.91 Å². The lowest BCUT2D eigenvalue weighted by molar-refractivity contribution is 0.00879. The van der Waals surface area contributed by atoms with E-state index in [0.717, 1.165) is 49.4 Å². The molecule has 2 aliphatic carbocycles. The van der Waals surface area contributed by atoms with Crippen molar-refractivity contribution >= 4 is 33.2 Å². The highest BCUT2D eigenvalue weighted by atomic mass is 35.5. The molecule has 2 aliphatic heterocycles. The molecule has 1 spiro atoms. The van der Waals surface area contributed by atoms with Gasteiger partial charge in [-0.25, -0.2) is 13.1 Å². The molecular formula is C31H39ClN2O5S. The summed E-state index contributed by atoms with van der Waals surface area (Å²) in [6, 6.07) is 11.4. The van der Waals surface area contributed by atoms with Gasteiger partial charge in [0.1, 0.15) is 5.75 Å². The molecule has 1 saturated carbocycles. The Kier molecular flexibility index (Phi) is 7.11. The summed E-state index contributed by atoms with van der Waals surface area (Å²) in [6.45, 7) is 5.25. The molecule has 0 aromatic heterocycles. The number of amides is 1. The number of carbonyl (C=O) groups is 1. The first-order chi connectivity index (χ1) is 19.0. The van der Waals surface area contributed by atoms with Gasteiger partial charge in [0.2, 0.25) is 10.0 Å². The number of hydrogen-bond acceptors (Lipinski definition) is 6. The zero-order chi connectivity index (χ0) is 28.3. The van der Waals surface area contributed by atoms with E-state index in [1.54, 1.807) is 32.0 Å². The average Bonchev–Trinajstić information content (AvgIpc) is 3.02. The number of sulfonamides is 1. The summed E-state index contributed by atoms with van der Waals surface area (Å²) < 4.78 is 34.2. The van der Waals surface area contributed by atoms with Crippen LogP contribution in [0.25, 0.3) is 0 Å². The molecule has 9 heteroatoms. The number of aryl methyl sites for hydroxylation is 1. The molecule has 4 aliphatic rings. The molecule has 1 fully saturated rings. The van der Waals surface area contributed by atoms with E-state index in [4.69, 9.17) is 16.3 Å². The number of ether oxygens (including phenoxy) is 1. The molecule has 2 N–H and O–H groups in total. The topological polar surface area (TPSA) is 95.9 Å². The van der Waals surface area contributed by atoms with E-state index in [0.29, 0.717) is 49.6 Å². The van der Waals surface area contributed by atoms with Crippen molar-refractivity contribution in [3.05, 3.63) is 58.1 Å². The van der Waals surface area contributed by atoms with Crippen LogP contribution in [0.3, 0.4) is 0 Å². The highest BCUT2D eigenvalue weighted by Gasteiger charge is 2.45. The molecule has 7 nitrogen and oxygen atoms in total. The second-order valence-electron chi connectivity index (χ2n) is 12.9. The molecule has 40 heavy (non-hydrogen) atoms. The Balaban J connectivity index is 1.43. The Morgan fingerprint density at radius 1 is 1.07 bits per heavy atom. The van der Waals surface area contributed by atoms with Crippen LogP contribution in [-0.4, -0.2) is 50.0 Å². The Labute approximate surface area is 242 Å². The van der Waals surface area contributed by atoms with Crippen LogP contribution in [0.5, 0.6) is 5.75 Å². The number of fused-ring (bicyclic) bond motifs is 4. The zero-order valence-electron chi connectivity index (χ0n) is 23.3. The molecule has 216 valence electrons. The van der Waals surface area contributed by atoms with Crippen LogP contribution in [0.4, 0.5) is 5.69 Å². The number of rotatable bonds is 0. The molecule has 4 atom stereocenters. The van der Waals surface area contributed by atoms with E-state index < -0.39 is 26.8 Å². The molecule has 2 aromatic rings. The van der Waals surface area contributed by atoms with Crippen molar-refractivity contribution < 1.29 is 23.1 Å². The predicted octanol–water partition coefficient (Wildman–Crippen LogP) is 5.22. The number of hydrogen-bond donors (Lipinski definition) is 2. The van der Waals surface area contributed by atoms with Gasteiger partial charge >= 0.3 is 0 Å². The minimum Gasteiger partial charge on any atom is -0.490 e. The third kappa shape index (κ3) is 4.90. The first-order valence-corrected chi connectivity index (χ1v) is 16.4. The van der Waals surface area contributed by atoms with Crippen molar-refractivity contribution in [2.75, 3.05) is 24.6 Å². The van der Waals surface area contributed by atoms with Crippen LogP contribution < -0.4 is 14.4 Å². The van der Waals surface area contributed by atoms with Crippen LogP contribution in [0.1, 0.15) is 80.3 Å². The van der Waals surface area contributed by atoms with Gasteiger partial charge in [0, 0.05) is 29.1 Å². The lowest BCUT2D eigenvalue weighted by Crippen LogP contribution is -2.49. The molecule has 2 heterocycles. The van der Waals surface area contributed by atoms with Crippen LogP contribution in [-0.2, 0) is 21.9 Å². The van der Waals surface area contributed by atoms with E-state index in [2.05, 4.69) is 21.8 Å². The largest absolute Gasteiger partial charge is 0.490 e. The third-order valence-corrected chi connectivity index (χ3v) is 12.3. The quantitative estimate of drug-likeness (QED) is 0.439. The number of halogens is 1. The molecule has 0 unspecified atom stereocenters. The summed E-state index contributed by atoms with van der Waals surface area (Å²) >= 11 is 6.37. The molecule has 2 aromatic carbocycles. The van der Waals surface area contributed by atoms with Crippen LogP contribution >= 0.6 is 11.6 Å². The molecule has 2 bridgehead atoms. The number of benzene rings is 2. The standard InChI is InChI=1S/C31H39ClN2O5S/c1-30(2)13-4-6-27(35)24-10-7-22(24)17-34-18-31(14-3-5-20-15-23(32)9-11-25(20)31)19-39-28-12-8-21(16-26(28)34)29(36)33-40(30,37)38/h8-9,11-12,15-16,22,24,27,35H,3-7,10,13-14,17-19H2,1-2H3,(H,33,36)/t22-,24+,27-,31-/m0/s1. The molecule has 0 saturated heterocycles. The third-order valence-electron chi connectivity index (χ3n) is 9.96. The average molecular weight is 587 g/mol. The maximum atomic E-state index is 13.3. The summed E-state index contributed by atoms with van der Waals surface area (Å²) in [6.07, 6.45) is 6.01. The first kappa shape index (κ1) is 27.9. The molecular weight excluding hydrogens is 548 g/mol. The Bertz CT molecular complexity index is 1430. The lowest BCUT2D eigenvalue weighted by atomic mass is 9.68. The second kappa shape index (κ2) is 10.2. The van der Waals surface area contributed by atoms with Gasteiger partial charge in [-0.15, -0.1) is 0 Å². The number of anilines is 1. The smallest absolute Gasteiger partial charge is 0.264 e. The Morgan fingerprint density at radius 3 is 2.67 bits per heavy atom. The Morgan fingerprint density at radius 2 is 1.90 bits per heavy atom. The van der Waals surface area contributed by atoms with Crippen molar-refractivity contribution in [1.82, 2.24) is 4.72 Å². The van der Waals surface area contributed by atoms with Gasteiger partial charge in [0.15, 0.2) is 0 Å². The monoisotopic (exact) mass is 586 g/mol. The second-order valence-corrected chi connectivity index (χ2v) is 15.7. The summed E-state index contributed by atoms with van der Waals surface area (Å²) in [4.78, 5) is 15.6. The fourth-order valence-corrected chi connectivity index (χ4v) is 8.52. The molecule has 0 radical (unpaired) electrons. The van der Waals surface area contributed by atoms with Crippen LogP contribution in [0.2, 0.25) is 5.02 Å². The maximum Gasteiger partial charge on any atom is 0.264 e. The molecule has 1 amide bonds. The number of carbonyl (C=O) groups excluding carboxylic acids is 1. The number of aliphatic hydroxyl groups excluding tert-OH is 1. The van der Waals surface area contributed by atoms with Gasteiger partial charge in [-0.3, -0.25) is 4.79 Å². The van der Waals surface area contributed by atoms with Gasteiger partial charge in [-0.05, 0) is 119 Å². The van der Waals surface area contributed by atoms with E-state index in [-0.39, 0.29) is 11.3 Å². The minimum absolute atomic E-state index is 0.175.